The molecule has 1 aromatic heterocycles. The number of nitrogens with zero attached hydrogens (tertiary/aromatic N) is 2. The first kappa shape index (κ1) is 18.4. The van der Waals surface area contributed by atoms with Crippen LogP contribution in [0, 0.1) is 13.8 Å². The highest BCUT2D eigenvalue weighted by atomic mass is 16.4. The molecular weight excluding hydrogens is 342 g/mol. The summed E-state index contributed by atoms with van der Waals surface area (Å²) in [6.45, 7) is 3.78. The molecule has 6 heteroatoms. The van der Waals surface area contributed by atoms with Gasteiger partial charge >= 0.3 is 5.97 Å². The van der Waals surface area contributed by atoms with Crippen molar-refractivity contribution in [3.05, 3.63) is 70.9 Å². The van der Waals surface area contributed by atoms with Gasteiger partial charge in [-0.2, -0.15) is 5.10 Å². The van der Waals surface area contributed by atoms with Crippen molar-refractivity contribution in [2.45, 2.75) is 20.3 Å². The Morgan fingerprint density at radius 1 is 1.07 bits per heavy atom. The third kappa shape index (κ3) is 4.06. The van der Waals surface area contributed by atoms with E-state index in [-0.39, 0.29) is 12.3 Å². The zero-order valence-electron chi connectivity index (χ0n) is 15.5. The van der Waals surface area contributed by atoms with Crippen LogP contribution in [0.15, 0.2) is 48.5 Å². The van der Waals surface area contributed by atoms with E-state index >= 15 is 0 Å². The summed E-state index contributed by atoms with van der Waals surface area (Å²) < 4.78 is 1.63. The number of nitrogens with one attached hydrogen (secondary N) is 1. The number of aliphatic carboxylic acids is 1. The summed E-state index contributed by atoms with van der Waals surface area (Å²) >= 11 is 0. The molecule has 0 saturated heterocycles. The predicted molar refractivity (Wildman–Crippen MR) is 104 cm³/mol. The van der Waals surface area contributed by atoms with Gasteiger partial charge in [-0.15, -0.1) is 0 Å². The van der Waals surface area contributed by atoms with E-state index < -0.39 is 5.97 Å². The van der Waals surface area contributed by atoms with Gasteiger partial charge in [0, 0.05) is 18.7 Å². The second kappa shape index (κ2) is 7.45. The van der Waals surface area contributed by atoms with Crippen molar-refractivity contribution >= 4 is 17.7 Å². The van der Waals surface area contributed by atoms with E-state index in [0.717, 1.165) is 27.9 Å². The highest BCUT2D eigenvalue weighted by molar-refractivity contribution is 6.08. The standard InChI is InChI=1S/C21H21N3O3/c1-13-10-15(12-20(25)26)8-9-16(13)17-6-4-5-7-18(17)21(27)22-19-11-14(2)23-24(19)3/h4-11H,12H2,1-3H3,(H,22,27)(H,25,26). The largest absolute Gasteiger partial charge is 0.481 e. The van der Waals surface area contributed by atoms with E-state index in [1.54, 1.807) is 23.9 Å². The molecule has 2 N–H and O–H groups in total. The number of benzene rings is 2. The highest BCUT2D eigenvalue weighted by Gasteiger charge is 2.16. The van der Waals surface area contributed by atoms with Gasteiger partial charge in [-0.05, 0) is 42.2 Å². The van der Waals surface area contributed by atoms with Gasteiger partial charge in [0.15, 0.2) is 0 Å². The van der Waals surface area contributed by atoms with Gasteiger partial charge in [-0.25, -0.2) is 0 Å². The van der Waals surface area contributed by atoms with Crippen LogP contribution in [0.4, 0.5) is 5.82 Å². The van der Waals surface area contributed by atoms with E-state index in [2.05, 4.69) is 10.4 Å². The number of aromatic nitrogens is 2. The molecule has 6 nitrogen and oxygen atoms in total. The predicted octanol–water partition coefficient (Wildman–Crippen LogP) is 3.58. The average Bonchev–Trinajstić information content (AvgIpc) is 2.91. The van der Waals surface area contributed by atoms with E-state index in [4.69, 9.17) is 5.11 Å². The molecule has 3 rings (SSSR count). The number of hydrogen-bond donors (Lipinski definition) is 2. The molecule has 0 atom stereocenters. The summed E-state index contributed by atoms with van der Waals surface area (Å²) in [5, 5.41) is 16.1. The number of carboxylic acid groups (broad SMARTS) is 1. The Kier molecular flexibility index (Phi) is 5.07. The maximum absolute atomic E-state index is 12.9. The first-order chi connectivity index (χ1) is 12.8. The Bertz CT molecular complexity index is 1020. The minimum absolute atomic E-state index is 0.0247. The molecule has 0 unspecified atom stereocenters. The first-order valence-electron chi connectivity index (χ1n) is 8.58. The quantitative estimate of drug-likeness (QED) is 0.726. The van der Waals surface area contributed by atoms with Gasteiger partial charge in [0.1, 0.15) is 5.82 Å². The molecule has 1 heterocycles. The molecule has 0 aliphatic rings. The lowest BCUT2D eigenvalue weighted by Gasteiger charge is -2.13. The summed E-state index contributed by atoms with van der Waals surface area (Å²) in [6.07, 6.45) is -0.0247. The molecule has 2 aromatic carbocycles. The fourth-order valence-corrected chi connectivity index (χ4v) is 3.14. The van der Waals surface area contributed by atoms with Crippen molar-refractivity contribution in [1.29, 1.82) is 0 Å². The van der Waals surface area contributed by atoms with Crippen LogP contribution in [-0.2, 0) is 18.3 Å². The number of carboxylic acids is 1. The van der Waals surface area contributed by atoms with Gasteiger partial charge < -0.3 is 10.4 Å². The number of amides is 1. The van der Waals surface area contributed by atoms with Crippen molar-refractivity contribution in [3.8, 4) is 11.1 Å². The summed E-state index contributed by atoms with van der Waals surface area (Å²) in [5.41, 5.74) is 4.72. The molecule has 27 heavy (non-hydrogen) atoms. The fourth-order valence-electron chi connectivity index (χ4n) is 3.14. The van der Waals surface area contributed by atoms with Gasteiger partial charge in [0.05, 0.1) is 12.1 Å². The molecule has 0 saturated carbocycles. The van der Waals surface area contributed by atoms with Crippen LogP contribution in [0.5, 0.6) is 0 Å². The third-order valence-corrected chi connectivity index (χ3v) is 4.35. The Labute approximate surface area is 157 Å². The van der Waals surface area contributed by atoms with E-state index in [0.29, 0.717) is 11.4 Å². The van der Waals surface area contributed by atoms with Crippen molar-refractivity contribution in [2.24, 2.45) is 7.05 Å². The molecule has 0 bridgehead atoms. The second-order valence-electron chi connectivity index (χ2n) is 6.51. The molecule has 0 spiro atoms. The van der Waals surface area contributed by atoms with Gasteiger partial charge in [-0.1, -0.05) is 36.4 Å². The molecule has 0 radical (unpaired) electrons. The molecule has 0 aliphatic heterocycles. The lowest BCUT2D eigenvalue weighted by molar-refractivity contribution is -0.136. The zero-order valence-corrected chi connectivity index (χ0v) is 15.5. The molecule has 1 amide bonds. The van der Waals surface area contributed by atoms with Crippen LogP contribution in [0.2, 0.25) is 0 Å². The first-order valence-corrected chi connectivity index (χ1v) is 8.58. The van der Waals surface area contributed by atoms with Crippen LogP contribution < -0.4 is 5.32 Å². The van der Waals surface area contributed by atoms with Crippen LogP contribution >= 0.6 is 0 Å². The maximum Gasteiger partial charge on any atom is 0.307 e. The minimum Gasteiger partial charge on any atom is -0.481 e. The van der Waals surface area contributed by atoms with E-state index in [9.17, 15) is 9.59 Å². The maximum atomic E-state index is 12.9. The molecule has 0 fully saturated rings. The zero-order chi connectivity index (χ0) is 19.6. The molecule has 138 valence electrons. The number of anilines is 1. The SMILES string of the molecule is Cc1cc(NC(=O)c2ccccc2-c2ccc(CC(=O)O)cc2C)n(C)n1. The van der Waals surface area contributed by atoms with Gasteiger partial charge in [-0.3, -0.25) is 14.3 Å². The Hall–Kier alpha value is -3.41. The smallest absolute Gasteiger partial charge is 0.307 e. The van der Waals surface area contributed by atoms with Crippen molar-refractivity contribution in [2.75, 3.05) is 5.32 Å². The number of carbonyl (C=O) groups excluding carboxylic acids is 1. The topological polar surface area (TPSA) is 84.2 Å². The molecule has 3 aromatic rings. The Morgan fingerprint density at radius 3 is 2.44 bits per heavy atom. The number of rotatable bonds is 5. The summed E-state index contributed by atoms with van der Waals surface area (Å²) in [7, 11) is 1.78. The molecule has 0 aliphatic carbocycles. The fraction of sp³-hybridized carbons (Fsp3) is 0.190. The Morgan fingerprint density at radius 2 is 1.81 bits per heavy atom. The second-order valence-corrected chi connectivity index (χ2v) is 6.51. The van der Waals surface area contributed by atoms with Crippen LogP contribution in [0.3, 0.4) is 0 Å². The lowest BCUT2D eigenvalue weighted by atomic mass is 9.93. The highest BCUT2D eigenvalue weighted by Crippen LogP contribution is 2.28. The lowest BCUT2D eigenvalue weighted by Crippen LogP contribution is -2.15. The monoisotopic (exact) mass is 363 g/mol. The van der Waals surface area contributed by atoms with Gasteiger partial charge in [0.25, 0.3) is 5.91 Å². The van der Waals surface area contributed by atoms with E-state index in [1.807, 2.05) is 50.2 Å². The van der Waals surface area contributed by atoms with Crippen molar-refractivity contribution < 1.29 is 14.7 Å². The summed E-state index contributed by atoms with van der Waals surface area (Å²) in [6, 6.07) is 14.7. The molecular formula is C21H21N3O3. The normalized spacial score (nSPS) is 10.6. The van der Waals surface area contributed by atoms with Crippen LogP contribution in [0.1, 0.15) is 27.2 Å². The number of hydrogen-bond acceptors (Lipinski definition) is 3. The van der Waals surface area contributed by atoms with E-state index in [1.165, 1.54) is 0 Å². The van der Waals surface area contributed by atoms with Crippen molar-refractivity contribution in [1.82, 2.24) is 9.78 Å². The Balaban J connectivity index is 1.95. The number of aryl methyl sites for hydroxylation is 3. The minimum atomic E-state index is -0.867. The van der Waals surface area contributed by atoms with Crippen LogP contribution in [0.25, 0.3) is 11.1 Å². The summed E-state index contributed by atoms with van der Waals surface area (Å²) in [4.78, 5) is 23.8. The summed E-state index contributed by atoms with van der Waals surface area (Å²) in [5.74, 6) is -0.461. The number of carbonyl (C=O) groups is 2. The van der Waals surface area contributed by atoms with Crippen molar-refractivity contribution in [3.63, 3.8) is 0 Å². The van der Waals surface area contributed by atoms with Crippen LogP contribution in [-0.4, -0.2) is 26.8 Å². The average molecular weight is 363 g/mol. The van der Waals surface area contributed by atoms with Gasteiger partial charge in [0.2, 0.25) is 0 Å². The third-order valence-electron chi connectivity index (χ3n) is 4.35.